The van der Waals surface area contributed by atoms with Crippen molar-refractivity contribution in [2.45, 2.75) is 13.8 Å². The van der Waals surface area contributed by atoms with E-state index in [4.69, 9.17) is 11.6 Å². The third-order valence-corrected chi connectivity index (χ3v) is 3.09. The Morgan fingerprint density at radius 1 is 1.43 bits per heavy atom. The van der Waals surface area contributed by atoms with Crippen molar-refractivity contribution in [3.05, 3.63) is 44.8 Å². The topological polar surface area (TPSA) is 81.0 Å². The Labute approximate surface area is 125 Å². The first-order valence-corrected chi connectivity index (χ1v) is 6.54. The summed E-state index contributed by atoms with van der Waals surface area (Å²) in [6.07, 6.45) is 0. The largest absolute Gasteiger partial charge is 0.354 e. The SMILES string of the molecule is CCNc1nc(C)c([N+](=O)[O-])c(-c2cc(F)ccc2Cl)n1. The van der Waals surface area contributed by atoms with Gasteiger partial charge < -0.3 is 5.32 Å². The first kappa shape index (κ1) is 15.1. The summed E-state index contributed by atoms with van der Waals surface area (Å²) in [6, 6.07) is 3.63. The molecular formula is C13H12ClFN4O2. The van der Waals surface area contributed by atoms with Gasteiger partial charge in [-0.3, -0.25) is 10.1 Å². The van der Waals surface area contributed by atoms with Gasteiger partial charge in [0.15, 0.2) is 5.69 Å². The van der Waals surface area contributed by atoms with Crippen LogP contribution in [0.15, 0.2) is 18.2 Å². The van der Waals surface area contributed by atoms with Gasteiger partial charge in [0.05, 0.1) is 9.95 Å². The summed E-state index contributed by atoms with van der Waals surface area (Å²) in [4.78, 5) is 18.8. The minimum atomic E-state index is -0.596. The van der Waals surface area contributed by atoms with Gasteiger partial charge in [-0.1, -0.05) is 11.6 Å². The van der Waals surface area contributed by atoms with Crippen LogP contribution in [-0.4, -0.2) is 21.4 Å². The lowest BCUT2D eigenvalue weighted by molar-refractivity contribution is -0.385. The number of nitro groups is 1. The van der Waals surface area contributed by atoms with Crippen LogP contribution in [0, 0.1) is 22.9 Å². The number of nitrogens with zero attached hydrogens (tertiary/aromatic N) is 3. The number of rotatable bonds is 4. The molecule has 0 unspecified atom stereocenters. The van der Waals surface area contributed by atoms with E-state index in [-0.39, 0.29) is 33.6 Å². The molecule has 1 aromatic heterocycles. The van der Waals surface area contributed by atoms with Crippen LogP contribution in [0.3, 0.4) is 0 Å². The van der Waals surface area contributed by atoms with Gasteiger partial charge in [0.2, 0.25) is 5.95 Å². The Kier molecular flexibility index (Phi) is 4.32. The fourth-order valence-corrected chi connectivity index (χ4v) is 2.10. The highest BCUT2D eigenvalue weighted by atomic mass is 35.5. The molecule has 6 nitrogen and oxygen atoms in total. The zero-order chi connectivity index (χ0) is 15.6. The Bertz CT molecular complexity index is 709. The molecule has 0 amide bonds. The predicted molar refractivity (Wildman–Crippen MR) is 78.0 cm³/mol. The third kappa shape index (κ3) is 3.08. The van der Waals surface area contributed by atoms with Gasteiger partial charge in [0.1, 0.15) is 11.5 Å². The average molecular weight is 311 g/mol. The van der Waals surface area contributed by atoms with E-state index < -0.39 is 10.7 Å². The molecule has 0 atom stereocenters. The standard InChI is InChI=1S/C13H12ClFN4O2/c1-3-16-13-17-7(2)12(19(20)21)11(18-13)9-6-8(15)4-5-10(9)14/h4-6H,3H2,1-2H3,(H,16,17,18). The summed E-state index contributed by atoms with van der Waals surface area (Å²) in [6.45, 7) is 3.89. The molecule has 0 spiro atoms. The van der Waals surface area contributed by atoms with Gasteiger partial charge >= 0.3 is 5.69 Å². The van der Waals surface area contributed by atoms with Crippen LogP contribution >= 0.6 is 11.6 Å². The zero-order valence-electron chi connectivity index (χ0n) is 11.4. The van der Waals surface area contributed by atoms with Crippen molar-refractivity contribution in [1.29, 1.82) is 0 Å². The number of aromatic nitrogens is 2. The molecule has 0 aliphatic carbocycles. The van der Waals surface area contributed by atoms with Crippen LogP contribution in [0.2, 0.25) is 5.02 Å². The molecule has 1 N–H and O–H groups in total. The Morgan fingerprint density at radius 3 is 2.76 bits per heavy atom. The second kappa shape index (κ2) is 6.01. The maximum Gasteiger partial charge on any atom is 0.316 e. The fourth-order valence-electron chi connectivity index (χ4n) is 1.89. The molecule has 0 saturated carbocycles. The second-order valence-electron chi connectivity index (χ2n) is 4.24. The van der Waals surface area contributed by atoms with Crippen molar-refractivity contribution in [1.82, 2.24) is 9.97 Å². The van der Waals surface area contributed by atoms with E-state index in [0.717, 1.165) is 6.07 Å². The average Bonchev–Trinajstić information content (AvgIpc) is 2.40. The van der Waals surface area contributed by atoms with E-state index in [1.807, 2.05) is 6.92 Å². The molecular weight excluding hydrogens is 299 g/mol. The normalized spacial score (nSPS) is 10.5. The Balaban J connectivity index is 2.75. The third-order valence-electron chi connectivity index (χ3n) is 2.76. The van der Waals surface area contributed by atoms with E-state index in [0.29, 0.717) is 6.54 Å². The van der Waals surface area contributed by atoms with Crippen LogP contribution in [-0.2, 0) is 0 Å². The smallest absolute Gasteiger partial charge is 0.316 e. The minimum absolute atomic E-state index is 0.00653. The van der Waals surface area contributed by atoms with Crippen molar-refractivity contribution in [2.75, 3.05) is 11.9 Å². The zero-order valence-corrected chi connectivity index (χ0v) is 12.1. The molecule has 0 fully saturated rings. The van der Waals surface area contributed by atoms with Crippen molar-refractivity contribution in [2.24, 2.45) is 0 Å². The van der Waals surface area contributed by atoms with Crippen molar-refractivity contribution in [3.8, 4) is 11.3 Å². The number of benzene rings is 1. The predicted octanol–water partition coefficient (Wildman–Crippen LogP) is 3.58. The molecule has 0 radical (unpaired) electrons. The Hall–Kier alpha value is -2.28. The van der Waals surface area contributed by atoms with Crippen LogP contribution in [0.4, 0.5) is 16.0 Å². The fraction of sp³-hybridized carbons (Fsp3) is 0.231. The van der Waals surface area contributed by atoms with Gasteiger partial charge in [-0.25, -0.2) is 14.4 Å². The first-order valence-electron chi connectivity index (χ1n) is 6.16. The molecule has 0 aliphatic heterocycles. The molecule has 0 bridgehead atoms. The molecule has 0 aliphatic rings. The summed E-state index contributed by atoms with van der Waals surface area (Å²) in [5.41, 5.74) is 0.0476. The number of aryl methyl sites for hydroxylation is 1. The number of nitrogens with one attached hydrogen (secondary N) is 1. The molecule has 1 aromatic carbocycles. The highest BCUT2D eigenvalue weighted by molar-refractivity contribution is 6.33. The number of hydrogen-bond donors (Lipinski definition) is 1. The van der Waals surface area contributed by atoms with Gasteiger partial charge in [0.25, 0.3) is 0 Å². The van der Waals surface area contributed by atoms with Crippen LogP contribution in [0.25, 0.3) is 11.3 Å². The first-order chi connectivity index (χ1) is 9.93. The molecule has 0 saturated heterocycles. The molecule has 1 heterocycles. The van der Waals surface area contributed by atoms with E-state index in [9.17, 15) is 14.5 Å². The monoisotopic (exact) mass is 310 g/mol. The number of halogens is 2. The maximum atomic E-state index is 13.4. The van der Waals surface area contributed by atoms with Gasteiger partial charge in [-0.15, -0.1) is 0 Å². The van der Waals surface area contributed by atoms with Crippen LogP contribution < -0.4 is 5.32 Å². The molecule has 8 heteroatoms. The van der Waals surface area contributed by atoms with E-state index >= 15 is 0 Å². The summed E-state index contributed by atoms with van der Waals surface area (Å²) >= 11 is 6.02. The van der Waals surface area contributed by atoms with Gasteiger partial charge in [-0.2, -0.15) is 0 Å². The number of hydrogen-bond acceptors (Lipinski definition) is 5. The van der Waals surface area contributed by atoms with E-state index in [2.05, 4.69) is 15.3 Å². The van der Waals surface area contributed by atoms with Gasteiger partial charge in [-0.05, 0) is 32.0 Å². The van der Waals surface area contributed by atoms with E-state index in [1.54, 1.807) is 0 Å². The molecule has 21 heavy (non-hydrogen) atoms. The summed E-state index contributed by atoms with van der Waals surface area (Å²) in [7, 11) is 0. The maximum absolute atomic E-state index is 13.4. The highest BCUT2D eigenvalue weighted by Crippen LogP contribution is 2.35. The summed E-state index contributed by atoms with van der Waals surface area (Å²) in [5, 5.41) is 14.3. The molecule has 110 valence electrons. The molecule has 2 rings (SSSR count). The lowest BCUT2D eigenvalue weighted by atomic mass is 10.1. The van der Waals surface area contributed by atoms with Gasteiger partial charge in [0, 0.05) is 12.1 Å². The van der Waals surface area contributed by atoms with Crippen LogP contribution in [0.1, 0.15) is 12.6 Å². The lowest BCUT2D eigenvalue weighted by Crippen LogP contribution is -2.07. The minimum Gasteiger partial charge on any atom is -0.354 e. The second-order valence-corrected chi connectivity index (χ2v) is 4.65. The van der Waals surface area contributed by atoms with Crippen LogP contribution in [0.5, 0.6) is 0 Å². The summed E-state index contributed by atoms with van der Waals surface area (Å²) < 4.78 is 13.4. The lowest BCUT2D eigenvalue weighted by Gasteiger charge is -2.09. The Morgan fingerprint density at radius 2 is 2.14 bits per heavy atom. The highest BCUT2D eigenvalue weighted by Gasteiger charge is 2.25. The van der Waals surface area contributed by atoms with Crippen molar-refractivity contribution in [3.63, 3.8) is 0 Å². The number of anilines is 1. The van der Waals surface area contributed by atoms with Crippen molar-refractivity contribution < 1.29 is 9.31 Å². The van der Waals surface area contributed by atoms with Crippen molar-refractivity contribution >= 4 is 23.2 Å². The van der Waals surface area contributed by atoms with E-state index in [1.165, 1.54) is 19.1 Å². The quantitative estimate of drug-likeness (QED) is 0.689. The molecule has 2 aromatic rings. The summed E-state index contributed by atoms with van der Waals surface area (Å²) in [5.74, 6) is -0.319.